The second kappa shape index (κ2) is 5.46. The van der Waals surface area contributed by atoms with E-state index in [2.05, 4.69) is 26.8 Å². The summed E-state index contributed by atoms with van der Waals surface area (Å²) >= 11 is 0. The van der Waals surface area contributed by atoms with Crippen LogP contribution >= 0.6 is 0 Å². The summed E-state index contributed by atoms with van der Waals surface area (Å²) in [5.74, 6) is 3.97. The number of carbonyl (C=O) groups excluding carboxylic acids is 1. The fourth-order valence-electron chi connectivity index (χ4n) is 7.57. The lowest BCUT2D eigenvalue weighted by molar-refractivity contribution is -0.139. The van der Waals surface area contributed by atoms with E-state index in [9.17, 15) is 4.79 Å². The number of allylic oxidation sites excluding steroid dienone is 2. The number of Topliss-reactive ketones (excluding diaryl/α,β-unsaturated/α-hetero) is 1. The lowest BCUT2D eigenvalue weighted by atomic mass is 9.42. The van der Waals surface area contributed by atoms with Gasteiger partial charge in [-0.2, -0.15) is 0 Å². The van der Waals surface area contributed by atoms with Gasteiger partial charge in [0, 0.05) is 12.8 Å². The van der Waals surface area contributed by atoms with Crippen molar-refractivity contribution in [1.82, 2.24) is 0 Å². The number of hydrogen-bond donors (Lipinski definition) is 0. The van der Waals surface area contributed by atoms with Crippen molar-refractivity contribution in [1.29, 1.82) is 0 Å². The largest absolute Gasteiger partial charge is 0.300 e. The zero-order chi connectivity index (χ0) is 16.2. The van der Waals surface area contributed by atoms with E-state index in [4.69, 9.17) is 0 Å². The molecular formula is C22H34O. The first kappa shape index (κ1) is 15.9. The van der Waals surface area contributed by atoms with Gasteiger partial charge in [0.25, 0.3) is 0 Å². The second-order valence-electron chi connectivity index (χ2n) is 9.56. The molecule has 0 spiro atoms. The van der Waals surface area contributed by atoms with Crippen LogP contribution < -0.4 is 0 Å². The Labute approximate surface area is 142 Å². The van der Waals surface area contributed by atoms with Crippen molar-refractivity contribution in [3.05, 3.63) is 11.6 Å². The van der Waals surface area contributed by atoms with Gasteiger partial charge >= 0.3 is 0 Å². The third-order valence-electron chi connectivity index (χ3n) is 8.91. The highest BCUT2D eigenvalue weighted by Crippen LogP contribution is 2.66. The van der Waals surface area contributed by atoms with E-state index < -0.39 is 0 Å². The van der Waals surface area contributed by atoms with Gasteiger partial charge in [0.1, 0.15) is 5.78 Å². The Morgan fingerprint density at radius 1 is 1.00 bits per heavy atom. The maximum absolute atomic E-state index is 12.0. The normalized spacial score (nSPS) is 51.8. The molecule has 0 aromatic heterocycles. The molecule has 0 aliphatic heterocycles. The van der Waals surface area contributed by atoms with Crippen molar-refractivity contribution >= 4 is 5.78 Å². The topological polar surface area (TPSA) is 17.1 Å². The first-order valence-electron chi connectivity index (χ1n) is 10.2. The average molecular weight is 315 g/mol. The van der Waals surface area contributed by atoms with Gasteiger partial charge in [-0.15, -0.1) is 0 Å². The molecule has 4 aliphatic rings. The van der Waals surface area contributed by atoms with E-state index in [0.29, 0.717) is 22.5 Å². The van der Waals surface area contributed by atoms with Gasteiger partial charge in [-0.05, 0) is 92.8 Å². The van der Waals surface area contributed by atoms with Crippen LogP contribution in [0.1, 0.15) is 85.0 Å². The lowest BCUT2D eigenvalue weighted by Crippen LogP contribution is -2.54. The van der Waals surface area contributed by atoms with Crippen LogP contribution in [-0.2, 0) is 4.79 Å². The third-order valence-corrected chi connectivity index (χ3v) is 8.91. The van der Waals surface area contributed by atoms with Crippen molar-refractivity contribution in [3.8, 4) is 0 Å². The van der Waals surface area contributed by atoms with Gasteiger partial charge in [0.2, 0.25) is 0 Å². The first-order valence-corrected chi connectivity index (χ1v) is 10.2. The van der Waals surface area contributed by atoms with Crippen molar-refractivity contribution in [3.63, 3.8) is 0 Å². The van der Waals surface area contributed by atoms with Crippen LogP contribution in [-0.4, -0.2) is 5.78 Å². The number of ketones is 1. The van der Waals surface area contributed by atoms with Crippen molar-refractivity contribution < 1.29 is 4.79 Å². The Bertz CT molecular complexity index is 532. The van der Waals surface area contributed by atoms with Crippen molar-refractivity contribution in [2.45, 2.75) is 85.0 Å². The summed E-state index contributed by atoms with van der Waals surface area (Å²) in [6, 6.07) is 0. The maximum Gasteiger partial charge on any atom is 0.133 e. The number of carbonyl (C=O) groups is 1. The molecule has 4 fully saturated rings. The molecule has 0 bridgehead atoms. The van der Waals surface area contributed by atoms with E-state index in [-0.39, 0.29) is 0 Å². The minimum Gasteiger partial charge on any atom is -0.300 e. The summed E-state index contributed by atoms with van der Waals surface area (Å²) in [5, 5.41) is 0. The van der Waals surface area contributed by atoms with Gasteiger partial charge in [0.15, 0.2) is 0 Å². The number of fused-ring (bicyclic) bond motifs is 5. The Morgan fingerprint density at radius 3 is 2.61 bits per heavy atom. The van der Waals surface area contributed by atoms with E-state index in [0.717, 1.165) is 30.6 Å². The minimum atomic E-state index is 0.464. The van der Waals surface area contributed by atoms with E-state index in [1.807, 2.05) is 0 Å². The van der Waals surface area contributed by atoms with Crippen LogP contribution in [0.4, 0.5) is 0 Å². The average Bonchev–Trinajstić information content (AvgIpc) is 2.54. The SMILES string of the molecule is C/C=C1/CCC[C@H]2[C@@H]3CC[C@H]4CC(=O)CC[C@]4(C)[C@H]3CC[C@]12C. The quantitative estimate of drug-likeness (QED) is 0.506. The summed E-state index contributed by atoms with van der Waals surface area (Å²) < 4.78 is 0. The highest BCUT2D eigenvalue weighted by atomic mass is 16.1. The molecule has 0 aromatic carbocycles. The molecular weight excluding hydrogens is 280 g/mol. The van der Waals surface area contributed by atoms with E-state index in [1.165, 1.54) is 51.4 Å². The molecule has 4 aliphatic carbocycles. The van der Waals surface area contributed by atoms with Crippen LogP contribution in [0.25, 0.3) is 0 Å². The predicted octanol–water partition coefficient (Wildman–Crippen LogP) is 5.93. The highest BCUT2D eigenvalue weighted by molar-refractivity contribution is 5.79. The van der Waals surface area contributed by atoms with Gasteiger partial charge in [-0.3, -0.25) is 4.79 Å². The summed E-state index contributed by atoms with van der Waals surface area (Å²) in [7, 11) is 0. The molecule has 0 unspecified atom stereocenters. The van der Waals surface area contributed by atoms with Crippen LogP contribution in [0, 0.1) is 34.5 Å². The molecule has 0 N–H and O–H groups in total. The minimum absolute atomic E-state index is 0.464. The van der Waals surface area contributed by atoms with E-state index >= 15 is 0 Å². The van der Waals surface area contributed by atoms with Crippen LogP contribution in [0.5, 0.6) is 0 Å². The number of hydrogen-bond acceptors (Lipinski definition) is 1. The zero-order valence-electron chi connectivity index (χ0n) is 15.4. The smallest absolute Gasteiger partial charge is 0.133 e. The van der Waals surface area contributed by atoms with Gasteiger partial charge < -0.3 is 0 Å². The lowest BCUT2D eigenvalue weighted by Gasteiger charge is -2.62. The Morgan fingerprint density at radius 2 is 1.83 bits per heavy atom. The molecule has 128 valence electrons. The summed E-state index contributed by atoms with van der Waals surface area (Å²) in [5.41, 5.74) is 2.71. The predicted molar refractivity (Wildman–Crippen MR) is 95.1 cm³/mol. The molecule has 0 heterocycles. The molecule has 6 atom stereocenters. The fourth-order valence-corrected chi connectivity index (χ4v) is 7.57. The molecule has 0 radical (unpaired) electrons. The third kappa shape index (κ3) is 2.21. The maximum atomic E-state index is 12.0. The Balaban J connectivity index is 1.65. The summed E-state index contributed by atoms with van der Waals surface area (Å²) in [4.78, 5) is 12.0. The van der Waals surface area contributed by atoms with Crippen LogP contribution in [0.15, 0.2) is 11.6 Å². The summed E-state index contributed by atoms with van der Waals surface area (Å²) in [6.07, 6.45) is 15.1. The molecule has 4 saturated carbocycles. The molecule has 1 heteroatoms. The first-order chi connectivity index (χ1) is 11.0. The standard InChI is InChI=1S/C22H34O/c1-4-15-6-5-7-19-18-9-8-16-14-17(23)10-12-22(16,3)20(18)11-13-21(15,19)2/h4,16,18-20H,5-14H2,1-3H3/b15-4-/t16-,18-,19-,20-,21+,22-/m0/s1. The highest BCUT2D eigenvalue weighted by Gasteiger charge is 2.57. The van der Waals surface area contributed by atoms with Crippen LogP contribution in [0.3, 0.4) is 0 Å². The van der Waals surface area contributed by atoms with E-state index in [1.54, 1.807) is 5.57 Å². The molecule has 0 aromatic rings. The zero-order valence-corrected chi connectivity index (χ0v) is 15.4. The second-order valence-corrected chi connectivity index (χ2v) is 9.56. The van der Waals surface area contributed by atoms with Crippen LogP contribution in [0.2, 0.25) is 0 Å². The molecule has 1 nitrogen and oxygen atoms in total. The molecule has 0 saturated heterocycles. The Hall–Kier alpha value is -0.590. The van der Waals surface area contributed by atoms with Gasteiger partial charge in [0.05, 0.1) is 0 Å². The monoisotopic (exact) mass is 314 g/mol. The molecule has 0 amide bonds. The summed E-state index contributed by atoms with van der Waals surface area (Å²) in [6.45, 7) is 7.41. The Kier molecular flexibility index (Phi) is 3.78. The van der Waals surface area contributed by atoms with Crippen molar-refractivity contribution in [2.75, 3.05) is 0 Å². The van der Waals surface area contributed by atoms with Gasteiger partial charge in [-0.25, -0.2) is 0 Å². The number of rotatable bonds is 0. The van der Waals surface area contributed by atoms with Gasteiger partial charge in [-0.1, -0.05) is 25.5 Å². The fraction of sp³-hybridized carbons (Fsp3) is 0.864. The van der Waals surface area contributed by atoms with Crippen molar-refractivity contribution in [2.24, 2.45) is 34.5 Å². The molecule has 4 rings (SSSR count). The molecule has 23 heavy (non-hydrogen) atoms.